The third-order valence-electron chi connectivity index (χ3n) is 3.46. The summed E-state index contributed by atoms with van der Waals surface area (Å²) in [5, 5.41) is 5.23. The standard InChI is InChI=1S/C12H18BrClN2/c1-8-12(14)11(16(2)15-8)7-9-4-3-5-10(13)6-9/h9-10H,3-7H2,1-2H3. The molecule has 2 nitrogen and oxygen atoms in total. The minimum atomic E-state index is 0.694. The summed E-state index contributed by atoms with van der Waals surface area (Å²) in [6.07, 6.45) is 6.30. The molecule has 90 valence electrons. The fourth-order valence-corrected chi connectivity index (χ4v) is 3.68. The zero-order valence-corrected chi connectivity index (χ0v) is 12.2. The van der Waals surface area contributed by atoms with Gasteiger partial charge in [0.05, 0.1) is 16.4 Å². The average molecular weight is 306 g/mol. The monoisotopic (exact) mass is 304 g/mol. The minimum Gasteiger partial charge on any atom is -0.271 e. The van der Waals surface area contributed by atoms with Crippen molar-refractivity contribution < 1.29 is 0 Å². The van der Waals surface area contributed by atoms with Gasteiger partial charge < -0.3 is 0 Å². The molecule has 0 N–H and O–H groups in total. The van der Waals surface area contributed by atoms with E-state index in [-0.39, 0.29) is 0 Å². The van der Waals surface area contributed by atoms with E-state index < -0.39 is 0 Å². The Labute approximate surface area is 110 Å². The van der Waals surface area contributed by atoms with E-state index in [0.717, 1.165) is 23.1 Å². The first-order valence-corrected chi connectivity index (χ1v) is 7.19. The predicted molar refractivity (Wildman–Crippen MR) is 71.3 cm³/mol. The van der Waals surface area contributed by atoms with Crippen LogP contribution in [0.25, 0.3) is 0 Å². The minimum absolute atomic E-state index is 0.694. The summed E-state index contributed by atoms with van der Waals surface area (Å²) in [6.45, 7) is 1.97. The smallest absolute Gasteiger partial charge is 0.0847 e. The van der Waals surface area contributed by atoms with Crippen LogP contribution < -0.4 is 0 Å². The van der Waals surface area contributed by atoms with Gasteiger partial charge in [-0.25, -0.2) is 0 Å². The van der Waals surface area contributed by atoms with Crippen molar-refractivity contribution in [3.05, 3.63) is 16.4 Å². The number of alkyl halides is 1. The lowest BCUT2D eigenvalue weighted by atomic mass is 9.86. The fourth-order valence-electron chi connectivity index (χ4n) is 2.59. The summed E-state index contributed by atoms with van der Waals surface area (Å²) in [7, 11) is 1.99. The van der Waals surface area contributed by atoms with Crippen molar-refractivity contribution in [3.63, 3.8) is 0 Å². The predicted octanol–water partition coefficient (Wildman–Crippen LogP) is 3.88. The molecule has 1 aromatic heterocycles. The Balaban J connectivity index is 2.08. The summed E-state index contributed by atoms with van der Waals surface area (Å²) in [4.78, 5) is 0.694. The molecule has 2 unspecified atom stereocenters. The number of hydrogen-bond donors (Lipinski definition) is 0. The van der Waals surface area contributed by atoms with Gasteiger partial charge in [0.2, 0.25) is 0 Å². The van der Waals surface area contributed by atoms with Crippen molar-refractivity contribution in [2.75, 3.05) is 0 Å². The summed E-state index contributed by atoms with van der Waals surface area (Å²) < 4.78 is 1.94. The normalized spacial score (nSPS) is 26.0. The lowest BCUT2D eigenvalue weighted by Crippen LogP contribution is -2.18. The molecule has 4 heteroatoms. The molecule has 0 amide bonds. The molecule has 1 saturated carbocycles. The van der Waals surface area contributed by atoms with Crippen LogP contribution in [0.15, 0.2) is 0 Å². The van der Waals surface area contributed by atoms with Crippen molar-refractivity contribution in [1.29, 1.82) is 0 Å². The Morgan fingerprint density at radius 3 is 2.81 bits per heavy atom. The highest BCUT2D eigenvalue weighted by atomic mass is 79.9. The Morgan fingerprint density at radius 1 is 1.50 bits per heavy atom. The molecular weight excluding hydrogens is 288 g/mol. The van der Waals surface area contributed by atoms with Crippen molar-refractivity contribution in [2.45, 2.75) is 43.9 Å². The molecule has 0 spiro atoms. The van der Waals surface area contributed by atoms with Crippen LogP contribution in [0, 0.1) is 12.8 Å². The molecule has 2 atom stereocenters. The molecule has 0 aliphatic heterocycles. The van der Waals surface area contributed by atoms with Gasteiger partial charge in [-0.2, -0.15) is 5.10 Å². The summed E-state index contributed by atoms with van der Waals surface area (Å²) in [5.41, 5.74) is 2.15. The van der Waals surface area contributed by atoms with Crippen LogP contribution >= 0.6 is 27.5 Å². The first kappa shape index (κ1) is 12.4. The highest BCUT2D eigenvalue weighted by molar-refractivity contribution is 9.09. The summed E-state index contributed by atoms with van der Waals surface area (Å²) in [5.74, 6) is 0.755. The molecule has 1 fully saturated rings. The first-order valence-electron chi connectivity index (χ1n) is 5.90. The molecule has 0 radical (unpaired) electrons. The van der Waals surface area contributed by atoms with E-state index in [1.54, 1.807) is 0 Å². The number of nitrogens with zero attached hydrogens (tertiary/aromatic N) is 2. The number of hydrogen-bond acceptors (Lipinski definition) is 1. The molecule has 0 saturated heterocycles. The van der Waals surface area contributed by atoms with Crippen molar-refractivity contribution in [1.82, 2.24) is 9.78 Å². The molecule has 0 bridgehead atoms. The van der Waals surface area contributed by atoms with Gasteiger partial charge in [-0.3, -0.25) is 4.68 Å². The van der Waals surface area contributed by atoms with Gasteiger partial charge in [-0.15, -0.1) is 0 Å². The van der Waals surface area contributed by atoms with Crippen molar-refractivity contribution in [3.8, 4) is 0 Å². The Kier molecular flexibility index (Phi) is 3.96. The quantitative estimate of drug-likeness (QED) is 0.758. The third kappa shape index (κ3) is 2.62. The second-order valence-electron chi connectivity index (χ2n) is 4.80. The van der Waals surface area contributed by atoms with E-state index in [9.17, 15) is 0 Å². The van der Waals surface area contributed by atoms with Crippen LogP contribution in [-0.4, -0.2) is 14.6 Å². The largest absolute Gasteiger partial charge is 0.271 e. The van der Waals surface area contributed by atoms with Crippen LogP contribution in [0.1, 0.15) is 37.1 Å². The van der Waals surface area contributed by atoms with Gasteiger partial charge in [-0.1, -0.05) is 34.0 Å². The van der Waals surface area contributed by atoms with Crippen LogP contribution in [0.2, 0.25) is 5.02 Å². The topological polar surface area (TPSA) is 17.8 Å². The van der Waals surface area contributed by atoms with Gasteiger partial charge in [0.25, 0.3) is 0 Å². The molecular formula is C12H18BrClN2. The first-order chi connectivity index (χ1) is 7.58. The summed E-state index contributed by atoms with van der Waals surface area (Å²) in [6, 6.07) is 0. The number of aryl methyl sites for hydroxylation is 2. The van der Waals surface area contributed by atoms with E-state index in [2.05, 4.69) is 21.0 Å². The zero-order chi connectivity index (χ0) is 11.7. The molecule has 1 aromatic rings. The van der Waals surface area contributed by atoms with Crippen LogP contribution in [0.3, 0.4) is 0 Å². The van der Waals surface area contributed by atoms with Crippen LogP contribution in [0.4, 0.5) is 0 Å². The van der Waals surface area contributed by atoms with Crippen LogP contribution in [0.5, 0.6) is 0 Å². The van der Waals surface area contributed by atoms with E-state index in [0.29, 0.717) is 4.83 Å². The average Bonchev–Trinajstić information content (AvgIpc) is 2.45. The number of aromatic nitrogens is 2. The Bertz CT molecular complexity index is 375. The Morgan fingerprint density at radius 2 is 2.25 bits per heavy atom. The summed E-state index contributed by atoms with van der Waals surface area (Å²) >= 11 is 10.0. The van der Waals surface area contributed by atoms with Gasteiger partial charge in [0, 0.05) is 11.9 Å². The fraction of sp³-hybridized carbons (Fsp3) is 0.750. The number of halogens is 2. The SMILES string of the molecule is Cc1nn(C)c(CC2CCCC(Br)C2)c1Cl. The maximum Gasteiger partial charge on any atom is 0.0847 e. The van der Waals surface area contributed by atoms with Gasteiger partial charge in [0.1, 0.15) is 0 Å². The van der Waals surface area contributed by atoms with Crippen molar-refractivity contribution >= 4 is 27.5 Å². The molecule has 1 aliphatic rings. The molecule has 1 heterocycles. The highest BCUT2D eigenvalue weighted by Gasteiger charge is 2.23. The van der Waals surface area contributed by atoms with E-state index in [1.165, 1.54) is 31.4 Å². The van der Waals surface area contributed by atoms with E-state index in [1.807, 2.05) is 18.7 Å². The van der Waals surface area contributed by atoms with E-state index in [4.69, 9.17) is 11.6 Å². The molecule has 16 heavy (non-hydrogen) atoms. The molecule has 2 rings (SSSR count). The zero-order valence-electron chi connectivity index (χ0n) is 9.84. The number of rotatable bonds is 2. The molecule has 0 aromatic carbocycles. The maximum atomic E-state index is 6.27. The van der Waals surface area contributed by atoms with Gasteiger partial charge in [-0.05, 0) is 38.5 Å². The second-order valence-corrected chi connectivity index (χ2v) is 6.48. The molecule has 1 aliphatic carbocycles. The van der Waals surface area contributed by atoms with Crippen molar-refractivity contribution in [2.24, 2.45) is 13.0 Å². The lowest BCUT2D eigenvalue weighted by molar-refractivity contribution is 0.361. The van der Waals surface area contributed by atoms with Crippen LogP contribution in [-0.2, 0) is 13.5 Å². The highest BCUT2D eigenvalue weighted by Crippen LogP contribution is 2.33. The lowest BCUT2D eigenvalue weighted by Gasteiger charge is -2.25. The van der Waals surface area contributed by atoms with Gasteiger partial charge >= 0.3 is 0 Å². The third-order valence-corrected chi connectivity index (χ3v) is 4.79. The maximum absolute atomic E-state index is 6.27. The second kappa shape index (κ2) is 5.09. The van der Waals surface area contributed by atoms with E-state index >= 15 is 0 Å². The Hall–Kier alpha value is -0.0200. The van der Waals surface area contributed by atoms with Gasteiger partial charge in [0.15, 0.2) is 0 Å².